The van der Waals surface area contributed by atoms with Gasteiger partial charge in [-0.3, -0.25) is 9.78 Å². The third-order valence-electron chi connectivity index (χ3n) is 3.02. The quantitative estimate of drug-likeness (QED) is 0.788. The van der Waals surface area contributed by atoms with E-state index >= 15 is 0 Å². The standard InChI is InChI=1S/C14H22N2O/c1-3-5-7-12(4-2)10-16-14(17)13-8-6-9-15-11-13/h6,8-9,11-12H,3-5,7,10H2,1-2H3,(H,16,17)/t12-/m1/s1. The molecule has 0 bridgehead atoms. The molecule has 0 aliphatic carbocycles. The molecule has 0 unspecified atom stereocenters. The van der Waals surface area contributed by atoms with E-state index in [2.05, 4.69) is 24.1 Å². The first-order valence-electron chi connectivity index (χ1n) is 6.46. The first kappa shape index (κ1) is 13.7. The van der Waals surface area contributed by atoms with Crippen molar-refractivity contribution in [2.75, 3.05) is 6.54 Å². The van der Waals surface area contributed by atoms with Gasteiger partial charge in [-0.05, 0) is 24.5 Å². The fourth-order valence-corrected chi connectivity index (χ4v) is 1.78. The summed E-state index contributed by atoms with van der Waals surface area (Å²) < 4.78 is 0. The molecule has 0 fully saturated rings. The highest BCUT2D eigenvalue weighted by Gasteiger charge is 2.09. The van der Waals surface area contributed by atoms with E-state index in [1.54, 1.807) is 24.5 Å². The van der Waals surface area contributed by atoms with E-state index in [0.29, 0.717) is 11.5 Å². The average molecular weight is 234 g/mol. The minimum absolute atomic E-state index is 0.0203. The molecule has 1 rings (SSSR count). The van der Waals surface area contributed by atoms with Crippen molar-refractivity contribution >= 4 is 5.91 Å². The molecule has 3 heteroatoms. The molecule has 0 aliphatic rings. The molecule has 1 N–H and O–H groups in total. The van der Waals surface area contributed by atoms with E-state index in [-0.39, 0.29) is 5.91 Å². The molecule has 1 heterocycles. The van der Waals surface area contributed by atoms with Crippen LogP contribution < -0.4 is 5.32 Å². The molecule has 0 spiro atoms. The zero-order chi connectivity index (χ0) is 12.5. The molecule has 3 nitrogen and oxygen atoms in total. The molecule has 0 radical (unpaired) electrons. The third-order valence-corrected chi connectivity index (χ3v) is 3.02. The predicted octanol–water partition coefficient (Wildman–Crippen LogP) is 3.03. The Balaban J connectivity index is 2.36. The lowest BCUT2D eigenvalue weighted by Gasteiger charge is -2.15. The number of carbonyl (C=O) groups excluding carboxylic acids is 1. The highest BCUT2D eigenvalue weighted by Crippen LogP contribution is 2.11. The summed E-state index contributed by atoms with van der Waals surface area (Å²) in [6.45, 7) is 5.14. The van der Waals surface area contributed by atoms with Crippen LogP contribution in [0.2, 0.25) is 0 Å². The van der Waals surface area contributed by atoms with Crippen LogP contribution in [0, 0.1) is 5.92 Å². The van der Waals surface area contributed by atoms with E-state index in [9.17, 15) is 4.79 Å². The van der Waals surface area contributed by atoms with E-state index < -0.39 is 0 Å². The largest absolute Gasteiger partial charge is 0.352 e. The maximum Gasteiger partial charge on any atom is 0.252 e. The summed E-state index contributed by atoms with van der Waals surface area (Å²) in [7, 11) is 0. The van der Waals surface area contributed by atoms with Gasteiger partial charge < -0.3 is 5.32 Å². The van der Waals surface area contributed by atoms with Crippen LogP contribution in [0.3, 0.4) is 0 Å². The number of pyridine rings is 1. The van der Waals surface area contributed by atoms with Gasteiger partial charge in [0.05, 0.1) is 5.56 Å². The van der Waals surface area contributed by atoms with Gasteiger partial charge in [-0.2, -0.15) is 0 Å². The zero-order valence-corrected chi connectivity index (χ0v) is 10.8. The second kappa shape index (κ2) is 7.82. The monoisotopic (exact) mass is 234 g/mol. The number of rotatable bonds is 7. The highest BCUT2D eigenvalue weighted by atomic mass is 16.1. The van der Waals surface area contributed by atoms with Crippen LogP contribution in [0.15, 0.2) is 24.5 Å². The third kappa shape index (κ3) is 4.98. The Bertz CT molecular complexity index is 324. The predicted molar refractivity (Wildman–Crippen MR) is 69.9 cm³/mol. The minimum Gasteiger partial charge on any atom is -0.352 e. The number of hydrogen-bond acceptors (Lipinski definition) is 2. The number of nitrogens with one attached hydrogen (secondary N) is 1. The van der Waals surface area contributed by atoms with Gasteiger partial charge in [0.1, 0.15) is 0 Å². The average Bonchev–Trinajstić information content (AvgIpc) is 2.39. The fourth-order valence-electron chi connectivity index (χ4n) is 1.78. The molecule has 1 aromatic rings. The van der Waals surface area contributed by atoms with Gasteiger partial charge in [-0.1, -0.05) is 33.1 Å². The van der Waals surface area contributed by atoms with Gasteiger partial charge >= 0.3 is 0 Å². The Kier molecular flexibility index (Phi) is 6.30. The Hall–Kier alpha value is -1.38. The number of hydrogen-bond donors (Lipinski definition) is 1. The first-order chi connectivity index (χ1) is 8.27. The lowest BCUT2D eigenvalue weighted by atomic mass is 9.99. The van der Waals surface area contributed by atoms with Crippen LogP contribution in [0.4, 0.5) is 0 Å². The van der Waals surface area contributed by atoms with Crippen LogP contribution in [-0.2, 0) is 0 Å². The lowest BCUT2D eigenvalue weighted by molar-refractivity contribution is 0.0945. The van der Waals surface area contributed by atoms with Gasteiger partial charge in [0.2, 0.25) is 0 Å². The number of amides is 1. The second-order valence-electron chi connectivity index (χ2n) is 4.37. The molecule has 0 saturated heterocycles. The molecule has 1 aromatic heterocycles. The van der Waals surface area contributed by atoms with E-state index in [4.69, 9.17) is 0 Å². The summed E-state index contributed by atoms with van der Waals surface area (Å²) in [5.74, 6) is 0.573. The van der Waals surface area contributed by atoms with Crippen LogP contribution in [0.25, 0.3) is 0 Å². The Morgan fingerprint density at radius 1 is 1.47 bits per heavy atom. The summed E-state index contributed by atoms with van der Waals surface area (Å²) in [6, 6.07) is 3.57. The van der Waals surface area contributed by atoms with Crippen molar-refractivity contribution in [1.29, 1.82) is 0 Å². The van der Waals surface area contributed by atoms with Crippen molar-refractivity contribution in [2.45, 2.75) is 39.5 Å². The summed E-state index contributed by atoms with van der Waals surface area (Å²) >= 11 is 0. The molecule has 0 saturated carbocycles. The van der Waals surface area contributed by atoms with E-state index in [1.807, 2.05) is 0 Å². The van der Waals surface area contributed by atoms with Crippen molar-refractivity contribution < 1.29 is 4.79 Å². The van der Waals surface area contributed by atoms with Crippen molar-refractivity contribution in [2.24, 2.45) is 5.92 Å². The minimum atomic E-state index is -0.0203. The number of aromatic nitrogens is 1. The Morgan fingerprint density at radius 3 is 2.88 bits per heavy atom. The molecular weight excluding hydrogens is 212 g/mol. The Morgan fingerprint density at radius 2 is 2.29 bits per heavy atom. The van der Waals surface area contributed by atoms with Crippen LogP contribution in [0.5, 0.6) is 0 Å². The SMILES string of the molecule is CCCC[C@@H](CC)CNC(=O)c1cccnc1. The van der Waals surface area contributed by atoms with Gasteiger partial charge in [-0.25, -0.2) is 0 Å². The second-order valence-corrected chi connectivity index (χ2v) is 4.37. The van der Waals surface area contributed by atoms with Crippen LogP contribution in [-0.4, -0.2) is 17.4 Å². The maximum atomic E-state index is 11.8. The molecule has 17 heavy (non-hydrogen) atoms. The van der Waals surface area contributed by atoms with Crippen molar-refractivity contribution in [1.82, 2.24) is 10.3 Å². The van der Waals surface area contributed by atoms with Gasteiger partial charge in [0.15, 0.2) is 0 Å². The van der Waals surface area contributed by atoms with E-state index in [1.165, 1.54) is 19.3 Å². The van der Waals surface area contributed by atoms with Gasteiger partial charge in [0.25, 0.3) is 5.91 Å². The molecule has 0 aliphatic heterocycles. The summed E-state index contributed by atoms with van der Waals surface area (Å²) in [6.07, 6.45) is 8.04. The number of nitrogens with zero attached hydrogens (tertiary/aromatic N) is 1. The van der Waals surface area contributed by atoms with Crippen LogP contribution >= 0.6 is 0 Å². The smallest absolute Gasteiger partial charge is 0.252 e. The van der Waals surface area contributed by atoms with Crippen molar-refractivity contribution in [3.8, 4) is 0 Å². The Labute approximate surface area is 104 Å². The van der Waals surface area contributed by atoms with Gasteiger partial charge in [-0.15, -0.1) is 0 Å². The number of carbonyl (C=O) groups is 1. The zero-order valence-electron chi connectivity index (χ0n) is 10.8. The molecule has 0 aromatic carbocycles. The van der Waals surface area contributed by atoms with Crippen molar-refractivity contribution in [3.63, 3.8) is 0 Å². The van der Waals surface area contributed by atoms with Gasteiger partial charge in [0, 0.05) is 18.9 Å². The first-order valence-corrected chi connectivity index (χ1v) is 6.46. The summed E-state index contributed by atoms with van der Waals surface area (Å²) in [4.78, 5) is 15.7. The number of unbranched alkanes of at least 4 members (excludes halogenated alkanes) is 1. The summed E-state index contributed by atoms with van der Waals surface area (Å²) in [5, 5.41) is 2.98. The topological polar surface area (TPSA) is 42.0 Å². The molecular formula is C14H22N2O. The molecule has 1 amide bonds. The summed E-state index contributed by atoms with van der Waals surface area (Å²) in [5.41, 5.74) is 0.637. The highest BCUT2D eigenvalue weighted by molar-refractivity contribution is 5.93. The maximum absolute atomic E-state index is 11.8. The van der Waals surface area contributed by atoms with E-state index in [0.717, 1.165) is 13.0 Å². The normalized spacial score (nSPS) is 12.1. The molecule has 94 valence electrons. The lowest BCUT2D eigenvalue weighted by Crippen LogP contribution is -2.29. The van der Waals surface area contributed by atoms with Crippen molar-refractivity contribution in [3.05, 3.63) is 30.1 Å². The molecule has 1 atom stereocenters. The van der Waals surface area contributed by atoms with Crippen LogP contribution in [0.1, 0.15) is 49.9 Å². The fraction of sp³-hybridized carbons (Fsp3) is 0.571.